The van der Waals surface area contributed by atoms with E-state index in [4.69, 9.17) is 0 Å². The van der Waals surface area contributed by atoms with Crippen LogP contribution in [0, 0.1) is 6.92 Å². The second kappa shape index (κ2) is 4.17. The summed E-state index contributed by atoms with van der Waals surface area (Å²) in [5.41, 5.74) is 0.974. The van der Waals surface area contributed by atoms with E-state index in [1.54, 1.807) is 6.07 Å². The van der Waals surface area contributed by atoms with E-state index in [0.717, 1.165) is 11.8 Å². The second-order valence-corrected chi connectivity index (χ2v) is 3.63. The minimum Gasteiger partial charge on any atom is -0.508 e. The third-order valence-corrected chi connectivity index (χ3v) is 2.11. The van der Waals surface area contributed by atoms with Crippen LogP contribution in [0.4, 0.5) is 5.82 Å². The first kappa shape index (κ1) is 11.0. The van der Waals surface area contributed by atoms with E-state index in [0.29, 0.717) is 5.82 Å². The van der Waals surface area contributed by atoms with Crippen molar-refractivity contribution >= 4 is 11.7 Å². The summed E-state index contributed by atoms with van der Waals surface area (Å²) in [5, 5.41) is 27.6. The van der Waals surface area contributed by atoms with Gasteiger partial charge in [-0.25, -0.2) is 0 Å². The maximum atomic E-state index is 11.7. The Morgan fingerprint density at radius 2 is 1.88 bits per heavy atom. The number of amides is 1. The lowest BCUT2D eigenvalue weighted by Gasteiger charge is -2.03. The van der Waals surface area contributed by atoms with Crippen LogP contribution in [0.25, 0.3) is 0 Å². The molecule has 2 rings (SSSR count). The molecule has 0 atom stereocenters. The zero-order valence-electron chi connectivity index (χ0n) is 9.06. The van der Waals surface area contributed by atoms with E-state index in [9.17, 15) is 15.0 Å². The van der Waals surface area contributed by atoms with Crippen molar-refractivity contribution in [3.63, 3.8) is 0 Å². The molecule has 4 N–H and O–H groups in total. The first-order valence-corrected chi connectivity index (χ1v) is 4.91. The minimum absolute atomic E-state index is 0.156. The first-order chi connectivity index (χ1) is 8.04. The van der Waals surface area contributed by atoms with Crippen LogP contribution in [0.3, 0.4) is 0 Å². The van der Waals surface area contributed by atoms with Crippen LogP contribution in [-0.4, -0.2) is 26.3 Å². The van der Waals surface area contributed by atoms with Crippen molar-refractivity contribution in [3.05, 3.63) is 35.5 Å². The Labute approximate surface area is 96.9 Å². The molecule has 0 aliphatic heterocycles. The van der Waals surface area contributed by atoms with Gasteiger partial charge in [0, 0.05) is 23.4 Å². The molecule has 0 bridgehead atoms. The number of aromatic nitrogens is 2. The number of aryl methyl sites for hydroxylation is 1. The number of H-pyrrole nitrogens is 1. The molecule has 17 heavy (non-hydrogen) atoms. The predicted octanol–water partition coefficient (Wildman–Crippen LogP) is 1.38. The number of phenols is 2. The maximum Gasteiger partial charge on any atom is 0.257 e. The number of aromatic amines is 1. The Morgan fingerprint density at radius 1 is 1.24 bits per heavy atom. The molecule has 88 valence electrons. The molecule has 2 aromatic rings. The fourth-order valence-electron chi connectivity index (χ4n) is 1.40. The summed E-state index contributed by atoms with van der Waals surface area (Å²) in [6.07, 6.45) is 0. The number of hydrogen-bond acceptors (Lipinski definition) is 4. The Bertz CT molecular complexity index is 543. The average molecular weight is 233 g/mol. The van der Waals surface area contributed by atoms with Crippen molar-refractivity contribution in [3.8, 4) is 11.5 Å². The predicted molar refractivity (Wildman–Crippen MR) is 61.0 cm³/mol. The largest absolute Gasteiger partial charge is 0.508 e. The Morgan fingerprint density at radius 3 is 2.41 bits per heavy atom. The highest BCUT2D eigenvalue weighted by Gasteiger charge is 2.10. The van der Waals surface area contributed by atoms with Gasteiger partial charge in [-0.15, -0.1) is 0 Å². The van der Waals surface area contributed by atoms with Gasteiger partial charge in [0.25, 0.3) is 5.91 Å². The number of rotatable bonds is 2. The molecule has 0 saturated heterocycles. The number of nitrogens with zero attached hydrogens (tertiary/aromatic N) is 1. The molecular weight excluding hydrogens is 222 g/mol. The van der Waals surface area contributed by atoms with Gasteiger partial charge in [0.05, 0.1) is 0 Å². The number of carbonyl (C=O) groups is 1. The molecule has 1 aromatic heterocycles. The van der Waals surface area contributed by atoms with Gasteiger partial charge in [0.15, 0.2) is 5.82 Å². The Balaban J connectivity index is 2.19. The topological polar surface area (TPSA) is 98.2 Å². The SMILES string of the molecule is Cc1cc(NC(=O)c2cc(O)cc(O)c2)n[nH]1. The van der Waals surface area contributed by atoms with Gasteiger partial charge in [0.2, 0.25) is 0 Å². The number of nitrogens with one attached hydrogen (secondary N) is 2. The lowest BCUT2D eigenvalue weighted by Crippen LogP contribution is -2.11. The van der Waals surface area contributed by atoms with Gasteiger partial charge in [0.1, 0.15) is 11.5 Å². The molecule has 0 spiro atoms. The van der Waals surface area contributed by atoms with E-state index >= 15 is 0 Å². The molecular formula is C11H11N3O3. The van der Waals surface area contributed by atoms with E-state index < -0.39 is 5.91 Å². The van der Waals surface area contributed by atoms with E-state index in [-0.39, 0.29) is 17.1 Å². The maximum absolute atomic E-state index is 11.7. The van der Waals surface area contributed by atoms with Gasteiger partial charge in [-0.05, 0) is 19.1 Å². The minimum atomic E-state index is -0.456. The van der Waals surface area contributed by atoms with Gasteiger partial charge in [-0.3, -0.25) is 9.89 Å². The number of carbonyl (C=O) groups excluding carboxylic acids is 1. The van der Waals surface area contributed by atoms with Crippen molar-refractivity contribution in [2.45, 2.75) is 6.92 Å². The standard InChI is InChI=1S/C11H11N3O3/c1-6-2-10(14-13-6)12-11(17)7-3-8(15)5-9(16)4-7/h2-5,15-16H,1H3,(H2,12,13,14,17). The van der Waals surface area contributed by atoms with Crippen LogP contribution >= 0.6 is 0 Å². The van der Waals surface area contributed by atoms with Crippen LogP contribution in [0.2, 0.25) is 0 Å². The molecule has 1 aromatic carbocycles. The molecule has 0 fully saturated rings. The lowest BCUT2D eigenvalue weighted by atomic mass is 10.2. The number of benzene rings is 1. The molecule has 6 nitrogen and oxygen atoms in total. The van der Waals surface area contributed by atoms with Crippen LogP contribution in [0.5, 0.6) is 11.5 Å². The van der Waals surface area contributed by atoms with Crippen LogP contribution in [0.15, 0.2) is 24.3 Å². The van der Waals surface area contributed by atoms with Gasteiger partial charge < -0.3 is 15.5 Å². The van der Waals surface area contributed by atoms with Crippen LogP contribution in [-0.2, 0) is 0 Å². The van der Waals surface area contributed by atoms with E-state index in [1.807, 2.05) is 6.92 Å². The highest BCUT2D eigenvalue weighted by molar-refractivity contribution is 6.04. The molecule has 1 amide bonds. The average Bonchev–Trinajstić information content (AvgIpc) is 2.62. The molecule has 1 heterocycles. The molecule has 0 saturated carbocycles. The summed E-state index contributed by atoms with van der Waals surface area (Å²) in [4.78, 5) is 11.7. The highest BCUT2D eigenvalue weighted by atomic mass is 16.3. The normalized spacial score (nSPS) is 10.2. The zero-order valence-corrected chi connectivity index (χ0v) is 9.06. The molecule has 0 aliphatic carbocycles. The summed E-state index contributed by atoms with van der Waals surface area (Å²) in [6, 6.07) is 5.33. The smallest absolute Gasteiger partial charge is 0.257 e. The second-order valence-electron chi connectivity index (χ2n) is 3.63. The number of aromatic hydroxyl groups is 2. The fraction of sp³-hybridized carbons (Fsp3) is 0.0909. The number of anilines is 1. The summed E-state index contributed by atoms with van der Waals surface area (Å²) in [6.45, 7) is 1.81. The van der Waals surface area contributed by atoms with Gasteiger partial charge in [-0.2, -0.15) is 5.10 Å². The molecule has 0 radical (unpaired) electrons. The molecule has 6 heteroatoms. The fourth-order valence-corrected chi connectivity index (χ4v) is 1.40. The van der Waals surface area contributed by atoms with Crippen molar-refractivity contribution in [1.82, 2.24) is 10.2 Å². The van der Waals surface area contributed by atoms with E-state index in [2.05, 4.69) is 15.5 Å². The number of phenolic OH excluding ortho intramolecular Hbond substituents is 2. The Hall–Kier alpha value is -2.50. The summed E-state index contributed by atoms with van der Waals surface area (Å²) in [5.74, 6) is -0.417. The quantitative estimate of drug-likeness (QED) is 0.629. The Kier molecular flexibility index (Phi) is 2.70. The summed E-state index contributed by atoms with van der Waals surface area (Å²) < 4.78 is 0. The van der Waals surface area contributed by atoms with Gasteiger partial charge in [-0.1, -0.05) is 0 Å². The van der Waals surface area contributed by atoms with Crippen molar-refractivity contribution in [1.29, 1.82) is 0 Å². The van der Waals surface area contributed by atoms with Crippen LogP contribution in [0.1, 0.15) is 16.1 Å². The zero-order chi connectivity index (χ0) is 12.4. The van der Waals surface area contributed by atoms with Gasteiger partial charge >= 0.3 is 0 Å². The summed E-state index contributed by atoms with van der Waals surface area (Å²) >= 11 is 0. The van der Waals surface area contributed by atoms with Crippen molar-refractivity contribution < 1.29 is 15.0 Å². The summed E-state index contributed by atoms with van der Waals surface area (Å²) in [7, 11) is 0. The molecule has 0 aliphatic rings. The van der Waals surface area contributed by atoms with Crippen molar-refractivity contribution in [2.24, 2.45) is 0 Å². The monoisotopic (exact) mass is 233 g/mol. The first-order valence-electron chi connectivity index (χ1n) is 4.91. The third-order valence-electron chi connectivity index (χ3n) is 2.11. The highest BCUT2D eigenvalue weighted by Crippen LogP contribution is 2.21. The molecule has 0 unspecified atom stereocenters. The lowest BCUT2D eigenvalue weighted by molar-refractivity contribution is 0.102. The van der Waals surface area contributed by atoms with Crippen molar-refractivity contribution in [2.75, 3.05) is 5.32 Å². The van der Waals surface area contributed by atoms with E-state index in [1.165, 1.54) is 12.1 Å². The number of hydrogen-bond donors (Lipinski definition) is 4. The van der Waals surface area contributed by atoms with Crippen LogP contribution < -0.4 is 5.32 Å². The third kappa shape index (κ3) is 2.54.